The van der Waals surface area contributed by atoms with Crippen LogP contribution in [0.2, 0.25) is 0 Å². The van der Waals surface area contributed by atoms with E-state index in [0.717, 1.165) is 23.2 Å². The number of hydrogen-bond donors (Lipinski definition) is 0. The van der Waals surface area contributed by atoms with E-state index in [0.29, 0.717) is 5.56 Å². The summed E-state index contributed by atoms with van der Waals surface area (Å²) in [5.74, 6) is 0. The summed E-state index contributed by atoms with van der Waals surface area (Å²) in [6.45, 7) is 0. The average molecular weight is 284 g/mol. The minimum absolute atomic E-state index is 0.0493. The minimum atomic E-state index is -0.0493. The Morgan fingerprint density at radius 3 is 2.30 bits per heavy atom. The zero-order valence-electron chi connectivity index (χ0n) is 11.5. The highest BCUT2D eigenvalue weighted by molar-refractivity contribution is 8.13. The van der Waals surface area contributed by atoms with Gasteiger partial charge in [-0.05, 0) is 17.7 Å². The Hall–Kier alpha value is -2.07. The van der Waals surface area contributed by atoms with Crippen LogP contribution in [-0.4, -0.2) is 25.4 Å². The third kappa shape index (κ3) is 3.96. The quantitative estimate of drug-likeness (QED) is 0.634. The van der Waals surface area contributed by atoms with Crippen molar-refractivity contribution >= 4 is 29.0 Å². The number of carbonyl (C=O) groups is 1. The average Bonchev–Trinajstić information content (AvgIpc) is 2.48. The highest BCUT2D eigenvalue weighted by Crippen LogP contribution is 2.14. The topological polar surface area (TPSA) is 32.7 Å². The summed E-state index contributed by atoms with van der Waals surface area (Å²) >= 11 is 0.955. The number of nitrogens with zero attached hydrogens (tertiary/aromatic N) is 2. The van der Waals surface area contributed by atoms with Gasteiger partial charge < -0.3 is 4.90 Å². The molecule has 0 spiro atoms. The first kappa shape index (κ1) is 14.3. The van der Waals surface area contributed by atoms with Gasteiger partial charge in [-0.1, -0.05) is 42.5 Å². The van der Waals surface area contributed by atoms with Crippen LogP contribution < -0.4 is 4.90 Å². The van der Waals surface area contributed by atoms with E-state index >= 15 is 0 Å². The van der Waals surface area contributed by atoms with Crippen molar-refractivity contribution in [3.8, 4) is 0 Å². The molecule has 0 heterocycles. The third-order valence-electron chi connectivity index (χ3n) is 2.76. The van der Waals surface area contributed by atoms with Crippen LogP contribution in [0.15, 0.2) is 59.0 Å². The maximum absolute atomic E-state index is 11.8. The van der Waals surface area contributed by atoms with Crippen molar-refractivity contribution in [1.82, 2.24) is 0 Å². The first-order chi connectivity index (χ1) is 9.66. The van der Waals surface area contributed by atoms with Crippen LogP contribution in [-0.2, 0) is 0 Å². The highest BCUT2D eigenvalue weighted by Gasteiger charge is 2.03. The van der Waals surface area contributed by atoms with E-state index in [1.807, 2.05) is 61.5 Å². The molecule has 0 fully saturated rings. The molecule has 0 amide bonds. The van der Waals surface area contributed by atoms with Gasteiger partial charge in [-0.15, -0.1) is 0 Å². The summed E-state index contributed by atoms with van der Waals surface area (Å²) in [5.41, 5.74) is 2.77. The van der Waals surface area contributed by atoms with E-state index < -0.39 is 0 Å². The lowest BCUT2D eigenvalue weighted by atomic mass is 10.2. The number of rotatable bonds is 4. The fourth-order valence-corrected chi connectivity index (χ4v) is 2.13. The molecule has 0 saturated carbocycles. The van der Waals surface area contributed by atoms with Gasteiger partial charge in [-0.25, -0.2) is 4.40 Å². The molecule has 20 heavy (non-hydrogen) atoms. The predicted octanol–water partition coefficient (Wildman–Crippen LogP) is 3.66. The van der Waals surface area contributed by atoms with Crippen molar-refractivity contribution in [2.24, 2.45) is 4.40 Å². The van der Waals surface area contributed by atoms with Gasteiger partial charge in [0.05, 0.1) is 11.9 Å². The van der Waals surface area contributed by atoms with Gasteiger partial charge in [0.1, 0.15) is 0 Å². The number of anilines is 1. The smallest absolute Gasteiger partial charge is 0.241 e. The largest absolute Gasteiger partial charge is 0.378 e. The lowest BCUT2D eigenvalue weighted by Crippen LogP contribution is -2.08. The molecule has 4 heteroatoms. The Bertz CT molecular complexity index is 592. The minimum Gasteiger partial charge on any atom is -0.378 e. The van der Waals surface area contributed by atoms with Crippen molar-refractivity contribution in [2.75, 3.05) is 19.0 Å². The maximum Gasteiger partial charge on any atom is 0.241 e. The van der Waals surface area contributed by atoms with Crippen LogP contribution in [0.1, 0.15) is 15.9 Å². The van der Waals surface area contributed by atoms with Gasteiger partial charge in [0.25, 0.3) is 0 Å². The molecule has 0 aliphatic rings. The van der Waals surface area contributed by atoms with Crippen molar-refractivity contribution in [3.05, 3.63) is 65.7 Å². The molecule has 2 aromatic carbocycles. The number of hydrogen-bond acceptors (Lipinski definition) is 4. The van der Waals surface area contributed by atoms with Gasteiger partial charge in [-0.2, -0.15) is 0 Å². The van der Waals surface area contributed by atoms with E-state index in [2.05, 4.69) is 4.40 Å². The molecule has 2 aromatic rings. The van der Waals surface area contributed by atoms with E-state index in [1.165, 1.54) is 0 Å². The van der Waals surface area contributed by atoms with E-state index in [1.54, 1.807) is 18.3 Å². The molecule has 0 aromatic heterocycles. The summed E-state index contributed by atoms with van der Waals surface area (Å²) in [6.07, 6.45) is 1.70. The summed E-state index contributed by atoms with van der Waals surface area (Å²) in [7, 11) is 3.99. The third-order valence-corrected chi connectivity index (χ3v) is 3.37. The van der Waals surface area contributed by atoms with Crippen molar-refractivity contribution in [2.45, 2.75) is 0 Å². The molecule has 0 unspecified atom stereocenters. The van der Waals surface area contributed by atoms with Crippen LogP contribution >= 0.6 is 11.9 Å². The Morgan fingerprint density at radius 2 is 1.70 bits per heavy atom. The Balaban J connectivity index is 1.95. The Kier molecular flexibility index (Phi) is 4.96. The van der Waals surface area contributed by atoms with Gasteiger partial charge in [0.2, 0.25) is 5.12 Å². The molecule has 0 N–H and O–H groups in total. The predicted molar refractivity (Wildman–Crippen MR) is 86.7 cm³/mol. The molecule has 3 nitrogen and oxygen atoms in total. The SMILES string of the molecule is CN(C)c1ccc(/C=N/SC(=O)c2ccccc2)cc1. The zero-order chi connectivity index (χ0) is 14.4. The molecule has 0 bridgehead atoms. The molecule has 2 rings (SSSR count). The normalized spacial score (nSPS) is 10.7. The number of carbonyl (C=O) groups excluding carboxylic acids is 1. The monoisotopic (exact) mass is 284 g/mol. The first-order valence-electron chi connectivity index (χ1n) is 6.24. The van der Waals surface area contributed by atoms with Crippen LogP contribution in [0.5, 0.6) is 0 Å². The molecular weight excluding hydrogens is 268 g/mol. The molecule has 0 atom stereocenters. The van der Waals surface area contributed by atoms with Crippen LogP contribution in [0.4, 0.5) is 5.69 Å². The van der Waals surface area contributed by atoms with Crippen LogP contribution in [0.3, 0.4) is 0 Å². The molecule has 102 valence electrons. The second-order valence-corrected chi connectivity index (χ2v) is 5.23. The highest BCUT2D eigenvalue weighted by atomic mass is 32.2. The van der Waals surface area contributed by atoms with E-state index in [4.69, 9.17) is 0 Å². The van der Waals surface area contributed by atoms with Crippen molar-refractivity contribution in [1.29, 1.82) is 0 Å². The van der Waals surface area contributed by atoms with Crippen molar-refractivity contribution < 1.29 is 4.79 Å². The van der Waals surface area contributed by atoms with Gasteiger partial charge in [0.15, 0.2) is 0 Å². The molecule has 0 radical (unpaired) electrons. The molecule has 0 aliphatic carbocycles. The first-order valence-corrected chi connectivity index (χ1v) is 7.01. The summed E-state index contributed by atoms with van der Waals surface area (Å²) in [4.78, 5) is 13.9. The molecule has 0 aliphatic heterocycles. The number of benzene rings is 2. The lowest BCUT2D eigenvalue weighted by molar-refractivity contribution is 0.108. The molecular formula is C16H16N2OS. The summed E-state index contributed by atoms with van der Waals surface area (Å²) in [6, 6.07) is 17.1. The van der Waals surface area contributed by atoms with Crippen LogP contribution in [0, 0.1) is 0 Å². The van der Waals surface area contributed by atoms with Gasteiger partial charge in [0, 0.05) is 31.6 Å². The van der Waals surface area contributed by atoms with E-state index in [-0.39, 0.29) is 5.12 Å². The fourth-order valence-electron chi connectivity index (χ4n) is 1.62. The second-order valence-electron chi connectivity index (χ2n) is 4.47. The summed E-state index contributed by atoms with van der Waals surface area (Å²) < 4.78 is 4.12. The Morgan fingerprint density at radius 1 is 1.05 bits per heavy atom. The Labute approximate surface area is 123 Å². The second kappa shape index (κ2) is 6.91. The lowest BCUT2D eigenvalue weighted by Gasteiger charge is -2.11. The van der Waals surface area contributed by atoms with Gasteiger partial charge in [-0.3, -0.25) is 4.79 Å². The molecule has 0 saturated heterocycles. The summed E-state index contributed by atoms with van der Waals surface area (Å²) in [5, 5.41) is -0.0493. The standard InChI is InChI=1S/C16H16N2OS/c1-18(2)15-10-8-13(9-11-15)12-17-20-16(19)14-6-4-3-5-7-14/h3-12H,1-2H3/b17-12+. The fraction of sp³-hybridized carbons (Fsp3) is 0.125. The van der Waals surface area contributed by atoms with Crippen LogP contribution in [0.25, 0.3) is 0 Å². The zero-order valence-corrected chi connectivity index (χ0v) is 12.3. The van der Waals surface area contributed by atoms with Crippen molar-refractivity contribution in [3.63, 3.8) is 0 Å². The maximum atomic E-state index is 11.8. The van der Waals surface area contributed by atoms with Gasteiger partial charge >= 0.3 is 0 Å². The van der Waals surface area contributed by atoms with E-state index in [9.17, 15) is 4.79 Å².